The van der Waals surface area contributed by atoms with Crippen LogP contribution in [0, 0.1) is 13.8 Å². The van der Waals surface area contributed by atoms with Gasteiger partial charge in [0.25, 0.3) is 5.91 Å². The van der Waals surface area contributed by atoms with Gasteiger partial charge in [-0.05, 0) is 66.9 Å². The minimum Gasteiger partial charge on any atom is -0.465 e. The number of hydrogen-bond acceptors (Lipinski definition) is 6. The van der Waals surface area contributed by atoms with Gasteiger partial charge in [-0.3, -0.25) is 14.5 Å². The summed E-state index contributed by atoms with van der Waals surface area (Å²) >= 11 is 6.01. The third kappa shape index (κ3) is 3.36. The number of anilines is 1. The van der Waals surface area contributed by atoms with Gasteiger partial charge >= 0.3 is 5.97 Å². The molecule has 1 amide bonds. The van der Waals surface area contributed by atoms with Crippen LogP contribution in [0.25, 0.3) is 11.0 Å². The van der Waals surface area contributed by atoms with Crippen LogP contribution in [0.4, 0.5) is 5.82 Å². The minimum absolute atomic E-state index is 0.0282. The van der Waals surface area contributed by atoms with Gasteiger partial charge in [0.1, 0.15) is 11.4 Å². The average molecular weight is 475 g/mol. The van der Waals surface area contributed by atoms with Crippen LogP contribution in [0.1, 0.15) is 49.2 Å². The monoisotopic (exact) mass is 474 g/mol. The van der Waals surface area contributed by atoms with Crippen LogP contribution in [0.3, 0.4) is 0 Å². The molecule has 0 N–H and O–H groups in total. The summed E-state index contributed by atoms with van der Waals surface area (Å²) < 4.78 is 10.8. The Morgan fingerprint density at radius 3 is 2.41 bits per heavy atom. The van der Waals surface area contributed by atoms with Gasteiger partial charge in [-0.1, -0.05) is 23.7 Å². The Morgan fingerprint density at radius 2 is 1.76 bits per heavy atom. The summed E-state index contributed by atoms with van der Waals surface area (Å²) in [6, 6.07) is 12.5. The molecule has 170 valence electrons. The van der Waals surface area contributed by atoms with Crippen molar-refractivity contribution in [3.63, 3.8) is 0 Å². The predicted molar refractivity (Wildman–Crippen MR) is 128 cm³/mol. The van der Waals surface area contributed by atoms with E-state index in [1.54, 1.807) is 48.5 Å². The quantitative estimate of drug-likeness (QED) is 0.388. The fraction of sp³-hybridized carbons (Fsp3) is 0.154. The number of esters is 1. The summed E-state index contributed by atoms with van der Waals surface area (Å²) in [5.74, 6) is -0.677. The Bertz CT molecular complexity index is 1520. The van der Waals surface area contributed by atoms with Crippen LogP contribution in [-0.2, 0) is 4.74 Å². The summed E-state index contributed by atoms with van der Waals surface area (Å²) in [5, 5.41) is 0.814. The zero-order valence-electron chi connectivity index (χ0n) is 18.6. The molecule has 1 atom stereocenters. The van der Waals surface area contributed by atoms with Crippen molar-refractivity contribution in [3.05, 3.63) is 104 Å². The minimum atomic E-state index is -0.801. The first-order chi connectivity index (χ1) is 16.3. The normalized spacial score (nSPS) is 15.0. The molecule has 0 bridgehead atoms. The lowest BCUT2D eigenvalue weighted by Crippen LogP contribution is -2.30. The Kier molecular flexibility index (Phi) is 5.21. The van der Waals surface area contributed by atoms with E-state index in [9.17, 15) is 14.4 Å². The van der Waals surface area contributed by atoms with Gasteiger partial charge in [0.2, 0.25) is 5.76 Å². The molecule has 34 heavy (non-hydrogen) atoms. The molecule has 3 heterocycles. The van der Waals surface area contributed by atoms with Crippen LogP contribution in [-0.4, -0.2) is 24.0 Å². The second-order valence-electron chi connectivity index (χ2n) is 8.13. The van der Waals surface area contributed by atoms with Crippen molar-refractivity contribution in [3.8, 4) is 0 Å². The highest BCUT2D eigenvalue weighted by molar-refractivity contribution is 6.30. The van der Waals surface area contributed by atoms with E-state index in [2.05, 4.69) is 4.98 Å². The zero-order valence-corrected chi connectivity index (χ0v) is 19.3. The fourth-order valence-electron chi connectivity index (χ4n) is 4.21. The summed E-state index contributed by atoms with van der Waals surface area (Å²) in [4.78, 5) is 44.9. The summed E-state index contributed by atoms with van der Waals surface area (Å²) in [7, 11) is 1.30. The Morgan fingerprint density at radius 1 is 1.06 bits per heavy atom. The summed E-state index contributed by atoms with van der Waals surface area (Å²) in [6.45, 7) is 3.83. The van der Waals surface area contributed by atoms with E-state index in [0.29, 0.717) is 32.9 Å². The summed E-state index contributed by atoms with van der Waals surface area (Å²) in [5.41, 5.74) is 3.16. The van der Waals surface area contributed by atoms with E-state index in [1.807, 2.05) is 13.8 Å². The molecule has 1 aliphatic rings. The molecule has 7 nitrogen and oxygen atoms in total. The van der Waals surface area contributed by atoms with E-state index in [4.69, 9.17) is 20.8 Å². The number of carbonyl (C=O) groups is 2. The summed E-state index contributed by atoms with van der Waals surface area (Å²) in [6.07, 6.45) is 1.43. The van der Waals surface area contributed by atoms with Gasteiger partial charge in [-0.2, -0.15) is 0 Å². The van der Waals surface area contributed by atoms with Crippen LogP contribution in [0.2, 0.25) is 5.02 Å². The van der Waals surface area contributed by atoms with Crippen molar-refractivity contribution in [1.29, 1.82) is 0 Å². The number of methoxy groups -OCH3 is 1. The van der Waals surface area contributed by atoms with Crippen LogP contribution < -0.4 is 10.3 Å². The lowest BCUT2D eigenvalue weighted by Gasteiger charge is -2.24. The first-order valence-corrected chi connectivity index (χ1v) is 10.9. The molecule has 8 heteroatoms. The number of halogens is 1. The third-order valence-electron chi connectivity index (χ3n) is 6.09. The highest BCUT2D eigenvalue weighted by atomic mass is 35.5. The second kappa shape index (κ2) is 8.11. The number of aryl methyl sites for hydroxylation is 2. The third-order valence-corrected chi connectivity index (χ3v) is 6.32. The Balaban J connectivity index is 1.77. The number of amides is 1. The lowest BCUT2D eigenvalue weighted by molar-refractivity contribution is 0.0600. The van der Waals surface area contributed by atoms with Crippen molar-refractivity contribution in [1.82, 2.24) is 4.98 Å². The molecule has 0 radical (unpaired) electrons. The number of ether oxygens (including phenoxy) is 1. The number of carbonyl (C=O) groups excluding carboxylic acids is 2. The van der Waals surface area contributed by atoms with Gasteiger partial charge in [0.15, 0.2) is 5.43 Å². The highest BCUT2D eigenvalue weighted by Gasteiger charge is 2.44. The molecule has 1 aliphatic heterocycles. The molecule has 0 saturated heterocycles. The van der Waals surface area contributed by atoms with Crippen molar-refractivity contribution < 1.29 is 18.7 Å². The SMILES string of the molecule is COC(=O)c1ccc(C2c3c(oc4cc(C)c(C)cc4c3=O)C(=O)N2c2ccc(Cl)cn2)cc1. The molecular formula is C26H19ClN2O5. The molecule has 2 aromatic carbocycles. The molecule has 0 spiro atoms. The maximum atomic E-state index is 13.7. The first kappa shape index (κ1) is 21.9. The van der Waals surface area contributed by atoms with E-state index in [-0.39, 0.29) is 16.8 Å². The first-order valence-electron chi connectivity index (χ1n) is 10.5. The Labute approximate surface area is 199 Å². The van der Waals surface area contributed by atoms with Crippen molar-refractivity contribution in [2.24, 2.45) is 0 Å². The van der Waals surface area contributed by atoms with Crippen molar-refractivity contribution in [2.75, 3.05) is 12.0 Å². The van der Waals surface area contributed by atoms with Gasteiger partial charge in [0, 0.05) is 6.20 Å². The highest BCUT2D eigenvalue weighted by Crippen LogP contribution is 2.41. The fourth-order valence-corrected chi connectivity index (χ4v) is 4.32. The van der Waals surface area contributed by atoms with E-state index >= 15 is 0 Å². The molecule has 0 aliphatic carbocycles. The number of nitrogens with zero attached hydrogens (tertiary/aromatic N) is 2. The second-order valence-corrected chi connectivity index (χ2v) is 8.57. The van der Waals surface area contributed by atoms with E-state index in [1.165, 1.54) is 18.2 Å². The van der Waals surface area contributed by atoms with Gasteiger partial charge in [0.05, 0.1) is 34.7 Å². The van der Waals surface area contributed by atoms with Crippen molar-refractivity contribution in [2.45, 2.75) is 19.9 Å². The van der Waals surface area contributed by atoms with Gasteiger partial charge < -0.3 is 9.15 Å². The maximum Gasteiger partial charge on any atom is 0.337 e. The standard InChI is InChI=1S/C26H19ClN2O5/c1-13-10-18-19(11-14(13)2)34-24-21(23(18)30)22(15-4-6-16(7-5-15)26(32)33-3)29(25(24)31)20-9-8-17(27)12-28-20/h4-12,22H,1-3H3. The topological polar surface area (TPSA) is 89.7 Å². The molecule has 2 aromatic heterocycles. The molecular weight excluding hydrogens is 456 g/mol. The van der Waals surface area contributed by atoms with E-state index in [0.717, 1.165) is 11.1 Å². The number of pyridine rings is 1. The van der Waals surface area contributed by atoms with Crippen LogP contribution >= 0.6 is 11.6 Å². The number of rotatable bonds is 3. The molecule has 0 saturated carbocycles. The molecule has 0 fully saturated rings. The zero-order chi connectivity index (χ0) is 24.1. The van der Waals surface area contributed by atoms with Gasteiger partial charge in [-0.25, -0.2) is 9.78 Å². The lowest BCUT2D eigenvalue weighted by atomic mass is 9.96. The number of hydrogen-bond donors (Lipinski definition) is 0. The molecule has 4 aromatic rings. The van der Waals surface area contributed by atoms with E-state index < -0.39 is 17.9 Å². The van der Waals surface area contributed by atoms with Crippen LogP contribution in [0.5, 0.6) is 0 Å². The maximum absolute atomic E-state index is 13.7. The van der Waals surface area contributed by atoms with Crippen LogP contribution in [0.15, 0.2) is 63.9 Å². The molecule has 1 unspecified atom stereocenters. The predicted octanol–water partition coefficient (Wildman–Crippen LogP) is 4.99. The average Bonchev–Trinajstić information content (AvgIpc) is 3.13. The number of benzene rings is 2. The number of aromatic nitrogens is 1. The largest absolute Gasteiger partial charge is 0.465 e. The number of fused-ring (bicyclic) bond motifs is 2. The molecule has 5 rings (SSSR count). The smallest absolute Gasteiger partial charge is 0.337 e. The van der Waals surface area contributed by atoms with Gasteiger partial charge in [-0.15, -0.1) is 0 Å². The van der Waals surface area contributed by atoms with Crippen molar-refractivity contribution >= 4 is 40.3 Å². The Hall–Kier alpha value is -3.97.